The first-order valence-corrected chi connectivity index (χ1v) is 8.65. The Labute approximate surface area is 160 Å². The van der Waals surface area contributed by atoms with Gasteiger partial charge < -0.3 is 5.11 Å². The van der Waals surface area contributed by atoms with E-state index in [0.29, 0.717) is 5.56 Å². The molecule has 3 rings (SSSR count). The first kappa shape index (κ1) is 20.0. The van der Waals surface area contributed by atoms with Gasteiger partial charge in [-0.15, -0.1) is 0 Å². The third kappa shape index (κ3) is 3.52. The SMILES string of the molecule is CC(C)(C)c1ccc(C(=O)N2N=C(c3cccnc3)C[C@@]2(O)C(F)(F)F)cc1. The molecule has 8 heteroatoms. The fraction of sp³-hybridized carbons (Fsp3) is 0.350. The molecule has 0 aliphatic carbocycles. The van der Waals surface area contributed by atoms with Crippen molar-refractivity contribution in [2.75, 3.05) is 0 Å². The summed E-state index contributed by atoms with van der Waals surface area (Å²) in [7, 11) is 0. The summed E-state index contributed by atoms with van der Waals surface area (Å²) in [5.74, 6) is -1.03. The van der Waals surface area contributed by atoms with Crippen LogP contribution in [-0.2, 0) is 5.41 Å². The van der Waals surface area contributed by atoms with Gasteiger partial charge in [-0.2, -0.15) is 23.3 Å². The average molecular weight is 391 g/mol. The molecule has 1 amide bonds. The van der Waals surface area contributed by atoms with Gasteiger partial charge in [0.1, 0.15) is 0 Å². The summed E-state index contributed by atoms with van der Waals surface area (Å²) in [6, 6.07) is 9.31. The molecular formula is C20H20F3N3O2. The minimum Gasteiger partial charge on any atom is -0.362 e. The van der Waals surface area contributed by atoms with Crippen molar-refractivity contribution in [1.82, 2.24) is 9.99 Å². The minimum atomic E-state index is -5.08. The number of hydrogen-bond donors (Lipinski definition) is 1. The predicted octanol–water partition coefficient (Wildman–Crippen LogP) is 3.88. The fourth-order valence-electron chi connectivity index (χ4n) is 2.91. The van der Waals surface area contributed by atoms with Crippen LogP contribution in [0.2, 0.25) is 0 Å². The van der Waals surface area contributed by atoms with Crippen LogP contribution in [0.4, 0.5) is 13.2 Å². The third-order valence-electron chi connectivity index (χ3n) is 4.62. The van der Waals surface area contributed by atoms with Gasteiger partial charge in [0.25, 0.3) is 11.6 Å². The molecule has 0 fully saturated rings. The standard InChI is InChI=1S/C20H20F3N3O2/c1-18(2,3)15-8-6-13(7-9-15)17(27)26-19(28,20(21,22)23)11-16(25-26)14-5-4-10-24-12-14/h4-10,12,28H,11H2,1-3H3/t19-/m1/s1. The zero-order valence-corrected chi connectivity index (χ0v) is 15.7. The van der Waals surface area contributed by atoms with E-state index in [-0.39, 0.29) is 21.7 Å². The Morgan fingerprint density at radius 3 is 2.29 bits per heavy atom. The van der Waals surface area contributed by atoms with Crippen molar-refractivity contribution in [2.45, 2.75) is 44.5 Å². The Balaban J connectivity index is 2.00. The number of amides is 1. The molecule has 1 atom stereocenters. The van der Waals surface area contributed by atoms with E-state index in [1.165, 1.54) is 30.6 Å². The maximum atomic E-state index is 13.6. The van der Waals surface area contributed by atoms with E-state index in [2.05, 4.69) is 10.1 Å². The van der Waals surface area contributed by atoms with Crippen LogP contribution in [0, 0.1) is 0 Å². The molecule has 0 saturated heterocycles. The maximum absolute atomic E-state index is 13.6. The number of nitrogens with zero attached hydrogens (tertiary/aromatic N) is 3. The monoisotopic (exact) mass is 391 g/mol. The third-order valence-corrected chi connectivity index (χ3v) is 4.62. The van der Waals surface area contributed by atoms with Gasteiger partial charge in [-0.3, -0.25) is 9.78 Å². The highest BCUT2D eigenvalue weighted by atomic mass is 19.4. The number of halogens is 3. The highest BCUT2D eigenvalue weighted by Crippen LogP contribution is 2.42. The first-order chi connectivity index (χ1) is 12.9. The van der Waals surface area contributed by atoms with Crippen molar-refractivity contribution in [3.05, 3.63) is 65.5 Å². The lowest BCUT2D eigenvalue weighted by Gasteiger charge is -2.32. The fourth-order valence-corrected chi connectivity index (χ4v) is 2.91. The lowest BCUT2D eigenvalue weighted by Crippen LogP contribution is -2.56. The maximum Gasteiger partial charge on any atom is 0.438 e. The van der Waals surface area contributed by atoms with Crippen molar-refractivity contribution in [1.29, 1.82) is 0 Å². The quantitative estimate of drug-likeness (QED) is 0.845. The van der Waals surface area contributed by atoms with Crippen LogP contribution < -0.4 is 0 Å². The second-order valence-electron chi connectivity index (χ2n) is 7.72. The van der Waals surface area contributed by atoms with Crippen LogP contribution >= 0.6 is 0 Å². The number of aliphatic hydroxyl groups is 1. The van der Waals surface area contributed by atoms with Gasteiger partial charge in [-0.1, -0.05) is 39.0 Å². The van der Waals surface area contributed by atoms with Crippen LogP contribution in [0.5, 0.6) is 0 Å². The normalized spacial score (nSPS) is 20.2. The first-order valence-electron chi connectivity index (χ1n) is 8.65. The van der Waals surface area contributed by atoms with Gasteiger partial charge in [-0.05, 0) is 29.2 Å². The van der Waals surface area contributed by atoms with Gasteiger partial charge in [0.15, 0.2) is 0 Å². The molecule has 0 unspecified atom stereocenters. The second kappa shape index (κ2) is 6.70. The van der Waals surface area contributed by atoms with Gasteiger partial charge in [0, 0.05) is 23.5 Å². The van der Waals surface area contributed by atoms with E-state index < -0.39 is 24.2 Å². The highest BCUT2D eigenvalue weighted by molar-refractivity contribution is 6.05. The minimum absolute atomic E-state index is 0.00635. The number of hydrazone groups is 1. The summed E-state index contributed by atoms with van der Waals surface area (Å²) < 4.78 is 40.9. The van der Waals surface area contributed by atoms with Crippen molar-refractivity contribution in [3.8, 4) is 0 Å². The van der Waals surface area contributed by atoms with Gasteiger partial charge in [0.2, 0.25) is 0 Å². The van der Waals surface area contributed by atoms with Crippen LogP contribution in [0.1, 0.15) is 48.7 Å². The van der Waals surface area contributed by atoms with E-state index in [1.54, 1.807) is 18.2 Å². The zero-order chi connectivity index (χ0) is 20.7. The zero-order valence-electron chi connectivity index (χ0n) is 15.7. The van der Waals surface area contributed by atoms with Crippen LogP contribution in [0.15, 0.2) is 53.9 Å². The molecular weight excluding hydrogens is 371 g/mol. The molecule has 1 aromatic heterocycles. The van der Waals surface area contributed by atoms with Crippen LogP contribution in [-0.4, -0.2) is 38.6 Å². The van der Waals surface area contributed by atoms with Crippen molar-refractivity contribution in [3.63, 3.8) is 0 Å². The largest absolute Gasteiger partial charge is 0.438 e. The average Bonchev–Trinajstić information content (AvgIpc) is 3.00. The summed E-state index contributed by atoms with van der Waals surface area (Å²) in [5, 5.41) is 14.3. The van der Waals surface area contributed by atoms with E-state index in [0.717, 1.165) is 5.56 Å². The lowest BCUT2D eigenvalue weighted by atomic mass is 9.86. The Bertz CT molecular complexity index is 903. The molecule has 1 aliphatic rings. The predicted molar refractivity (Wildman–Crippen MR) is 97.7 cm³/mol. The van der Waals surface area contributed by atoms with Gasteiger partial charge in [0.05, 0.1) is 12.1 Å². The number of hydrogen-bond acceptors (Lipinski definition) is 4. The molecule has 1 N–H and O–H groups in total. The molecule has 5 nitrogen and oxygen atoms in total. The van der Waals surface area contributed by atoms with Crippen molar-refractivity contribution >= 4 is 11.6 Å². The molecule has 0 radical (unpaired) electrons. The van der Waals surface area contributed by atoms with E-state index in [1.807, 2.05) is 20.8 Å². The summed E-state index contributed by atoms with van der Waals surface area (Å²) in [6.45, 7) is 5.95. The molecule has 2 heterocycles. The van der Waals surface area contributed by atoms with E-state index in [4.69, 9.17) is 0 Å². The molecule has 148 valence electrons. The van der Waals surface area contributed by atoms with Crippen molar-refractivity contribution in [2.24, 2.45) is 5.10 Å². The summed E-state index contributed by atoms with van der Waals surface area (Å²) in [6.07, 6.45) is -3.15. The Morgan fingerprint density at radius 2 is 1.79 bits per heavy atom. The van der Waals surface area contributed by atoms with Crippen LogP contribution in [0.25, 0.3) is 0 Å². The highest BCUT2D eigenvalue weighted by Gasteiger charge is 2.63. The van der Waals surface area contributed by atoms with E-state index >= 15 is 0 Å². The van der Waals surface area contributed by atoms with Gasteiger partial charge in [-0.25, -0.2) is 0 Å². The summed E-state index contributed by atoms with van der Waals surface area (Å²) in [5.41, 5.74) is -2.41. The topological polar surface area (TPSA) is 65.8 Å². The summed E-state index contributed by atoms with van der Waals surface area (Å²) in [4.78, 5) is 16.6. The second-order valence-corrected chi connectivity index (χ2v) is 7.72. The Morgan fingerprint density at radius 1 is 1.14 bits per heavy atom. The molecule has 0 bridgehead atoms. The number of rotatable bonds is 2. The molecule has 1 aliphatic heterocycles. The molecule has 0 spiro atoms. The van der Waals surface area contributed by atoms with Gasteiger partial charge >= 0.3 is 6.18 Å². The molecule has 2 aromatic rings. The van der Waals surface area contributed by atoms with Crippen molar-refractivity contribution < 1.29 is 23.1 Å². The number of carbonyl (C=O) groups excluding carboxylic acids is 1. The van der Waals surface area contributed by atoms with E-state index in [9.17, 15) is 23.1 Å². The molecule has 1 aromatic carbocycles. The number of pyridine rings is 1. The summed E-state index contributed by atoms with van der Waals surface area (Å²) >= 11 is 0. The van der Waals surface area contributed by atoms with Crippen LogP contribution in [0.3, 0.4) is 0 Å². The number of carbonyl (C=O) groups is 1. The number of alkyl halides is 3. The molecule has 28 heavy (non-hydrogen) atoms. The Hall–Kier alpha value is -2.74. The Kier molecular flexibility index (Phi) is 4.79. The smallest absolute Gasteiger partial charge is 0.362 e. The number of benzene rings is 1. The lowest BCUT2D eigenvalue weighted by molar-refractivity contribution is -0.297. The molecule has 0 saturated carbocycles. The number of aromatic nitrogens is 1.